The fourth-order valence-electron chi connectivity index (χ4n) is 3.23. The fraction of sp³-hybridized carbons (Fsp3) is 0.120. The van der Waals surface area contributed by atoms with Gasteiger partial charge in [0.05, 0.1) is 5.56 Å². The molecule has 0 spiro atoms. The quantitative estimate of drug-likeness (QED) is 0.290. The summed E-state index contributed by atoms with van der Waals surface area (Å²) in [5.74, 6) is 0.244. The highest BCUT2D eigenvalue weighted by molar-refractivity contribution is 7.15. The van der Waals surface area contributed by atoms with Crippen molar-refractivity contribution in [3.8, 4) is 5.75 Å². The van der Waals surface area contributed by atoms with Gasteiger partial charge >= 0.3 is 6.18 Å². The molecule has 9 heteroatoms. The number of alkyl halides is 3. The zero-order valence-electron chi connectivity index (χ0n) is 17.6. The van der Waals surface area contributed by atoms with Crippen molar-refractivity contribution < 1.29 is 22.7 Å². The van der Waals surface area contributed by atoms with Crippen LogP contribution < -0.4 is 10.1 Å². The van der Waals surface area contributed by atoms with E-state index in [9.17, 15) is 18.0 Å². The maximum absolute atomic E-state index is 13.3. The van der Waals surface area contributed by atoms with E-state index in [2.05, 4.69) is 10.3 Å². The lowest BCUT2D eigenvalue weighted by Gasteiger charge is -2.12. The van der Waals surface area contributed by atoms with Gasteiger partial charge in [-0.2, -0.15) is 13.2 Å². The van der Waals surface area contributed by atoms with Crippen molar-refractivity contribution in [2.24, 2.45) is 0 Å². The summed E-state index contributed by atoms with van der Waals surface area (Å²) in [7, 11) is 0. The molecule has 0 bridgehead atoms. The van der Waals surface area contributed by atoms with Crippen LogP contribution in [-0.4, -0.2) is 10.9 Å². The van der Waals surface area contributed by atoms with E-state index < -0.39 is 11.7 Å². The number of carbonyl (C=O) groups excluding carboxylic acids is 1. The number of hydrogen-bond donors (Lipinski definition) is 1. The van der Waals surface area contributed by atoms with Gasteiger partial charge in [-0.3, -0.25) is 10.1 Å². The highest BCUT2D eigenvalue weighted by atomic mass is 35.5. The molecular weight excluding hydrogens is 485 g/mol. The lowest BCUT2D eigenvalue weighted by molar-refractivity contribution is -0.138. The number of anilines is 1. The van der Waals surface area contributed by atoms with E-state index in [1.807, 2.05) is 30.3 Å². The molecule has 0 aliphatic carbocycles. The molecule has 34 heavy (non-hydrogen) atoms. The van der Waals surface area contributed by atoms with Gasteiger partial charge in [0, 0.05) is 28.1 Å². The summed E-state index contributed by atoms with van der Waals surface area (Å²) in [4.78, 5) is 17.2. The third-order valence-electron chi connectivity index (χ3n) is 4.88. The third-order valence-corrected chi connectivity index (χ3v) is 6.02. The minimum absolute atomic E-state index is 0.00358. The van der Waals surface area contributed by atoms with Crippen molar-refractivity contribution in [2.45, 2.75) is 19.2 Å². The molecule has 0 aliphatic heterocycles. The van der Waals surface area contributed by atoms with Gasteiger partial charge in [-0.25, -0.2) is 4.98 Å². The second-order valence-electron chi connectivity index (χ2n) is 7.36. The Labute approximate surface area is 203 Å². The Morgan fingerprint density at radius 1 is 1.03 bits per heavy atom. The molecule has 174 valence electrons. The lowest BCUT2D eigenvalue weighted by Crippen LogP contribution is -2.11. The first-order valence-electron chi connectivity index (χ1n) is 10.2. The van der Waals surface area contributed by atoms with E-state index in [0.717, 1.165) is 23.0 Å². The van der Waals surface area contributed by atoms with E-state index in [-0.39, 0.29) is 22.9 Å². The summed E-state index contributed by atoms with van der Waals surface area (Å²) in [6.07, 6.45) is -3.04. The SMILES string of the molecule is O=C(Nc1ncc(Cc2cc(Cl)ccc2C(F)(F)F)s1)c1ccc(OCc2ccccc2)cc1. The molecule has 0 atom stereocenters. The summed E-state index contributed by atoms with van der Waals surface area (Å²) in [6.45, 7) is 0.414. The molecule has 4 aromatic rings. The first kappa shape index (κ1) is 23.8. The van der Waals surface area contributed by atoms with E-state index in [1.54, 1.807) is 24.3 Å². The Morgan fingerprint density at radius 2 is 1.76 bits per heavy atom. The summed E-state index contributed by atoms with van der Waals surface area (Å²) in [5, 5.41) is 3.19. The maximum Gasteiger partial charge on any atom is 0.416 e. The molecule has 0 saturated heterocycles. The molecule has 1 N–H and O–H groups in total. The van der Waals surface area contributed by atoms with Crippen molar-refractivity contribution in [3.63, 3.8) is 0 Å². The maximum atomic E-state index is 13.3. The zero-order valence-corrected chi connectivity index (χ0v) is 19.2. The number of nitrogens with one attached hydrogen (secondary N) is 1. The number of nitrogens with zero attached hydrogens (tertiary/aromatic N) is 1. The van der Waals surface area contributed by atoms with Crippen LogP contribution in [0.1, 0.15) is 31.9 Å². The average Bonchev–Trinajstić information content (AvgIpc) is 3.24. The topological polar surface area (TPSA) is 51.2 Å². The van der Waals surface area contributed by atoms with Crippen molar-refractivity contribution in [2.75, 3.05) is 5.32 Å². The van der Waals surface area contributed by atoms with Gasteiger partial charge in [0.15, 0.2) is 5.13 Å². The van der Waals surface area contributed by atoms with Crippen molar-refractivity contribution in [3.05, 3.63) is 111 Å². The summed E-state index contributed by atoms with van der Waals surface area (Å²) in [6, 6.07) is 19.8. The summed E-state index contributed by atoms with van der Waals surface area (Å²) >= 11 is 7.00. The molecule has 0 fully saturated rings. The highest BCUT2D eigenvalue weighted by Crippen LogP contribution is 2.35. The molecule has 0 saturated carbocycles. The fourth-order valence-corrected chi connectivity index (χ4v) is 4.26. The molecule has 4 nitrogen and oxygen atoms in total. The average molecular weight is 503 g/mol. The molecule has 1 aromatic heterocycles. The normalized spacial score (nSPS) is 11.3. The molecule has 3 aromatic carbocycles. The Hall–Kier alpha value is -3.36. The van der Waals surface area contributed by atoms with E-state index >= 15 is 0 Å². The van der Waals surface area contributed by atoms with Crippen molar-refractivity contribution >= 4 is 34.0 Å². The molecule has 4 rings (SSSR count). The van der Waals surface area contributed by atoms with Crippen LogP contribution in [0.4, 0.5) is 18.3 Å². The van der Waals surface area contributed by atoms with E-state index in [1.165, 1.54) is 18.3 Å². The Balaban J connectivity index is 1.38. The Morgan fingerprint density at radius 3 is 2.47 bits per heavy atom. The lowest BCUT2D eigenvalue weighted by atomic mass is 10.0. The van der Waals surface area contributed by atoms with Gasteiger partial charge in [-0.15, -0.1) is 11.3 Å². The number of hydrogen-bond acceptors (Lipinski definition) is 4. The van der Waals surface area contributed by atoms with Crippen LogP contribution in [0.3, 0.4) is 0 Å². The standard InChI is InChI=1S/C25H18ClF3N2O2S/c26-19-8-11-22(25(27,28)29)18(12-19)13-21-14-30-24(34-21)31-23(32)17-6-9-20(10-7-17)33-15-16-4-2-1-3-5-16/h1-12,14H,13,15H2,(H,30,31,32). The number of thiazole rings is 1. The predicted octanol–water partition coefficient (Wildman–Crippen LogP) is 7.24. The number of ether oxygens (including phenoxy) is 1. The largest absolute Gasteiger partial charge is 0.489 e. The smallest absolute Gasteiger partial charge is 0.416 e. The number of aromatic nitrogens is 1. The van der Waals surface area contributed by atoms with Crippen LogP contribution in [0.5, 0.6) is 5.75 Å². The van der Waals surface area contributed by atoms with Gasteiger partial charge in [0.25, 0.3) is 5.91 Å². The number of benzene rings is 3. The number of rotatable bonds is 7. The van der Waals surface area contributed by atoms with Crippen molar-refractivity contribution in [1.82, 2.24) is 4.98 Å². The first-order chi connectivity index (χ1) is 16.3. The van der Waals surface area contributed by atoms with Gasteiger partial charge in [-0.1, -0.05) is 41.9 Å². The molecule has 1 amide bonds. The molecule has 0 radical (unpaired) electrons. The summed E-state index contributed by atoms with van der Waals surface area (Å²) < 4.78 is 45.6. The number of halogens is 4. The van der Waals surface area contributed by atoms with Gasteiger partial charge in [0.1, 0.15) is 12.4 Å². The monoisotopic (exact) mass is 502 g/mol. The highest BCUT2D eigenvalue weighted by Gasteiger charge is 2.33. The van der Waals surface area contributed by atoms with Crippen LogP contribution in [0, 0.1) is 0 Å². The number of amides is 1. The van der Waals surface area contributed by atoms with Crippen LogP contribution >= 0.6 is 22.9 Å². The Bertz CT molecular complexity index is 1280. The molecule has 0 unspecified atom stereocenters. The molecule has 0 aliphatic rings. The molecular formula is C25H18ClF3N2O2S. The number of carbonyl (C=O) groups is 1. The minimum atomic E-state index is -4.49. The van der Waals surface area contributed by atoms with E-state index in [4.69, 9.17) is 16.3 Å². The van der Waals surface area contributed by atoms with Crippen LogP contribution in [0.2, 0.25) is 5.02 Å². The Kier molecular flexibility index (Phi) is 7.19. The first-order valence-corrected chi connectivity index (χ1v) is 11.4. The predicted molar refractivity (Wildman–Crippen MR) is 127 cm³/mol. The minimum Gasteiger partial charge on any atom is -0.489 e. The second-order valence-corrected chi connectivity index (χ2v) is 8.91. The van der Waals surface area contributed by atoms with Gasteiger partial charge in [0.2, 0.25) is 0 Å². The third kappa shape index (κ3) is 6.15. The zero-order chi connectivity index (χ0) is 24.1. The van der Waals surface area contributed by atoms with Crippen molar-refractivity contribution in [1.29, 1.82) is 0 Å². The van der Waals surface area contributed by atoms with E-state index in [0.29, 0.717) is 27.9 Å². The molecule has 1 heterocycles. The van der Waals surface area contributed by atoms with Gasteiger partial charge < -0.3 is 4.74 Å². The van der Waals surface area contributed by atoms with Gasteiger partial charge in [-0.05, 0) is 53.6 Å². The van der Waals surface area contributed by atoms with Crippen LogP contribution in [0.15, 0.2) is 79.0 Å². The van der Waals surface area contributed by atoms with Crippen LogP contribution in [-0.2, 0) is 19.2 Å². The second kappa shape index (κ2) is 10.3. The van der Waals surface area contributed by atoms with Crippen LogP contribution in [0.25, 0.3) is 0 Å². The summed E-state index contributed by atoms with van der Waals surface area (Å²) in [5.41, 5.74) is 0.736.